The Morgan fingerprint density at radius 3 is 2.47 bits per heavy atom. The van der Waals surface area contributed by atoms with Crippen molar-refractivity contribution in [2.75, 3.05) is 19.6 Å². The Morgan fingerprint density at radius 1 is 1.24 bits per heavy atom. The number of halogens is 1. The average molecular weight is 256 g/mol. The monoisotopic (exact) mass is 255 g/mol. The molecule has 96 valence electrons. The maximum atomic E-state index is 5.60. The number of piperidine rings is 1. The minimum Gasteiger partial charge on any atom is -0.330 e. The van der Waals surface area contributed by atoms with Gasteiger partial charge in [0.25, 0.3) is 0 Å². The van der Waals surface area contributed by atoms with Crippen molar-refractivity contribution in [2.45, 2.75) is 25.8 Å². The molecule has 17 heavy (non-hydrogen) atoms. The van der Waals surface area contributed by atoms with Gasteiger partial charge in [-0.15, -0.1) is 12.4 Å². The number of nitrogens with two attached hydrogens (primary N) is 1. The first kappa shape index (κ1) is 14.4. The van der Waals surface area contributed by atoms with Gasteiger partial charge in [-0.3, -0.25) is 9.88 Å². The molecular formula is C13H22ClN3. The van der Waals surface area contributed by atoms with Crippen molar-refractivity contribution in [2.24, 2.45) is 11.7 Å². The Morgan fingerprint density at radius 2 is 1.88 bits per heavy atom. The predicted octanol–water partition coefficient (Wildman–Crippen LogP) is 2.06. The SMILES string of the molecule is Cl.NCCC1CCN(Cc2ccncc2)CC1. The minimum absolute atomic E-state index is 0. The van der Waals surface area contributed by atoms with Crippen LogP contribution >= 0.6 is 12.4 Å². The molecule has 2 N–H and O–H groups in total. The van der Waals surface area contributed by atoms with Crippen molar-refractivity contribution >= 4 is 12.4 Å². The van der Waals surface area contributed by atoms with Crippen molar-refractivity contribution in [1.29, 1.82) is 0 Å². The molecule has 0 atom stereocenters. The number of rotatable bonds is 4. The first-order valence-electron chi connectivity index (χ1n) is 6.20. The van der Waals surface area contributed by atoms with Gasteiger partial charge in [-0.25, -0.2) is 0 Å². The van der Waals surface area contributed by atoms with Gasteiger partial charge in [0.15, 0.2) is 0 Å². The van der Waals surface area contributed by atoms with Crippen molar-refractivity contribution in [1.82, 2.24) is 9.88 Å². The van der Waals surface area contributed by atoms with Gasteiger partial charge < -0.3 is 5.73 Å². The van der Waals surface area contributed by atoms with Gasteiger partial charge in [0, 0.05) is 18.9 Å². The number of pyridine rings is 1. The molecule has 0 saturated carbocycles. The summed E-state index contributed by atoms with van der Waals surface area (Å²) in [5, 5.41) is 0. The van der Waals surface area contributed by atoms with E-state index >= 15 is 0 Å². The summed E-state index contributed by atoms with van der Waals surface area (Å²) >= 11 is 0. The molecule has 1 aliphatic heterocycles. The lowest BCUT2D eigenvalue weighted by molar-refractivity contribution is 0.173. The van der Waals surface area contributed by atoms with E-state index in [4.69, 9.17) is 5.73 Å². The van der Waals surface area contributed by atoms with E-state index in [1.165, 1.54) is 37.9 Å². The zero-order valence-corrected chi connectivity index (χ0v) is 11.0. The molecular weight excluding hydrogens is 234 g/mol. The molecule has 1 fully saturated rings. The van der Waals surface area contributed by atoms with Crippen LogP contribution in [0.4, 0.5) is 0 Å². The van der Waals surface area contributed by atoms with Crippen molar-refractivity contribution in [3.05, 3.63) is 30.1 Å². The quantitative estimate of drug-likeness (QED) is 0.896. The Bertz CT molecular complexity index is 297. The molecule has 0 aromatic carbocycles. The van der Waals surface area contributed by atoms with Crippen LogP contribution in [0.1, 0.15) is 24.8 Å². The van der Waals surface area contributed by atoms with Gasteiger partial charge in [-0.05, 0) is 62.5 Å². The number of hydrogen-bond acceptors (Lipinski definition) is 3. The maximum absolute atomic E-state index is 5.60. The first-order chi connectivity index (χ1) is 7.88. The third kappa shape index (κ3) is 4.62. The fourth-order valence-corrected chi connectivity index (χ4v) is 2.42. The molecule has 0 bridgehead atoms. The number of hydrogen-bond donors (Lipinski definition) is 1. The number of nitrogens with zero attached hydrogens (tertiary/aromatic N) is 2. The van der Waals surface area contributed by atoms with E-state index in [-0.39, 0.29) is 12.4 Å². The highest BCUT2D eigenvalue weighted by atomic mass is 35.5. The largest absolute Gasteiger partial charge is 0.330 e. The fraction of sp³-hybridized carbons (Fsp3) is 0.615. The Kier molecular flexibility index (Phi) is 6.48. The van der Waals surface area contributed by atoms with E-state index in [2.05, 4.69) is 22.0 Å². The van der Waals surface area contributed by atoms with Gasteiger partial charge in [-0.1, -0.05) is 0 Å². The Balaban J connectivity index is 0.00000144. The van der Waals surface area contributed by atoms with E-state index in [1.807, 2.05) is 12.4 Å². The lowest BCUT2D eigenvalue weighted by Gasteiger charge is -2.31. The van der Waals surface area contributed by atoms with E-state index in [0.29, 0.717) is 0 Å². The summed E-state index contributed by atoms with van der Waals surface area (Å²) in [6.07, 6.45) is 7.56. The topological polar surface area (TPSA) is 42.1 Å². The normalized spacial score (nSPS) is 17.7. The molecule has 2 rings (SSSR count). The minimum atomic E-state index is 0. The summed E-state index contributed by atoms with van der Waals surface area (Å²) in [6, 6.07) is 4.21. The van der Waals surface area contributed by atoms with E-state index in [0.717, 1.165) is 19.0 Å². The molecule has 1 aliphatic rings. The van der Waals surface area contributed by atoms with Gasteiger partial charge in [0.2, 0.25) is 0 Å². The molecule has 0 unspecified atom stereocenters. The van der Waals surface area contributed by atoms with Crippen LogP contribution in [0.5, 0.6) is 0 Å². The lowest BCUT2D eigenvalue weighted by Crippen LogP contribution is -2.33. The Hall–Kier alpha value is -0.640. The molecule has 3 nitrogen and oxygen atoms in total. The molecule has 1 aromatic rings. The molecule has 0 amide bonds. The summed E-state index contributed by atoms with van der Waals surface area (Å²) < 4.78 is 0. The molecule has 1 aromatic heterocycles. The molecule has 0 aliphatic carbocycles. The third-order valence-corrected chi connectivity index (χ3v) is 3.44. The van der Waals surface area contributed by atoms with Gasteiger partial charge >= 0.3 is 0 Å². The van der Waals surface area contributed by atoms with Crippen molar-refractivity contribution in [3.8, 4) is 0 Å². The zero-order chi connectivity index (χ0) is 11.2. The van der Waals surface area contributed by atoms with Gasteiger partial charge in [0.05, 0.1) is 0 Å². The highest BCUT2D eigenvalue weighted by Crippen LogP contribution is 2.20. The second-order valence-electron chi connectivity index (χ2n) is 4.65. The fourth-order valence-electron chi connectivity index (χ4n) is 2.42. The van der Waals surface area contributed by atoms with Crippen LogP contribution in [0.25, 0.3) is 0 Å². The summed E-state index contributed by atoms with van der Waals surface area (Å²) in [5.74, 6) is 0.860. The first-order valence-corrected chi connectivity index (χ1v) is 6.20. The molecule has 2 heterocycles. The number of likely N-dealkylation sites (tertiary alicyclic amines) is 1. The Labute approximate surface area is 110 Å². The van der Waals surface area contributed by atoms with Crippen molar-refractivity contribution < 1.29 is 0 Å². The molecule has 4 heteroatoms. The molecule has 1 saturated heterocycles. The highest BCUT2D eigenvalue weighted by molar-refractivity contribution is 5.85. The lowest BCUT2D eigenvalue weighted by atomic mass is 9.93. The van der Waals surface area contributed by atoms with Crippen LogP contribution in [0, 0.1) is 5.92 Å². The van der Waals surface area contributed by atoms with E-state index in [1.54, 1.807) is 0 Å². The molecule has 0 spiro atoms. The number of aromatic nitrogens is 1. The summed E-state index contributed by atoms with van der Waals surface area (Å²) in [6.45, 7) is 4.34. The van der Waals surface area contributed by atoms with Crippen LogP contribution in [0.2, 0.25) is 0 Å². The second kappa shape index (κ2) is 7.64. The van der Waals surface area contributed by atoms with Crippen LogP contribution < -0.4 is 5.73 Å². The zero-order valence-electron chi connectivity index (χ0n) is 10.2. The van der Waals surface area contributed by atoms with Crippen LogP contribution in [-0.4, -0.2) is 29.5 Å². The molecule has 0 radical (unpaired) electrons. The van der Waals surface area contributed by atoms with Crippen LogP contribution in [0.15, 0.2) is 24.5 Å². The average Bonchev–Trinajstić information content (AvgIpc) is 2.33. The second-order valence-corrected chi connectivity index (χ2v) is 4.65. The smallest absolute Gasteiger partial charge is 0.0271 e. The van der Waals surface area contributed by atoms with E-state index < -0.39 is 0 Å². The van der Waals surface area contributed by atoms with E-state index in [9.17, 15) is 0 Å². The summed E-state index contributed by atoms with van der Waals surface area (Å²) in [5.41, 5.74) is 6.96. The standard InChI is InChI=1S/C13H21N3.ClH/c14-6-1-12-4-9-16(10-5-12)11-13-2-7-15-8-3-13;/h2-3,7-8,12H,1,4-6,9-11,14H2;1H. The van der Waals surface area contributed by atoms with Gasteiger partial charge in [-0.2, -0.15) is 0 Å². The van der Waals surface area contributed by atoms with Crippen LogP contribution in [0.3, 0.4) is 0 Å². The summed E-state index contributed by atoms with van der Waals surface area (Å²) in [7, 11) is 0. The predicted molar refractivity (Wildman–Crippen MR) is 73.2 cm³/mol. The maximum Gasteiger partial charge on any atom is 0.0271 e. The van der Waals surface area contributed by atoms with Crippen LogP contribution in [-0.2, 0) is 6.54 Å². The van der Waals surface area contributed by atoms with Crippen molar-refractivity contribution in [3.63, 3.8) is 0 Å². The van der Waals surface area contributed by atoms with Gasteiger partial charge in [0.1, 0.15) is 0 Å². The highest BCUT2D eigenvalue weighted by Gasteiger charge is 2.18. The summed E-state index contributed by atoms with van der Waals surface area (Å²) in [4.78, 5) is 6.57. The third-order valence-electron chi connectivity index (χ3n) is 3.44.